The molecule has 3 aromatic rings. The van der Waals surface area contributed by atoms with E-state index in [9.17, 15) is 18.0 Å². The predicted octanol–water partition coefficient (Wildman–Crippen LogP) is 1.78. The van der Waals surface area contributed by atoms with Crippen LogP contribution in [0.5, 0.6) is 0 Å². The minimum absolute atomic E-state index is 0.0215. The monoisotopic (exact) mass is 429 g/mol. The lowest BCUT2D eigenvalue weighted by atomic mass is 10.2. The van der Waals surface area contributed by atoms with Crippen LogP contribution in [-0.4, -0.2) is 47.2 Å². The summed E-state index contributed by atoms with van der Waals surface area (Å²) in [4.78, 5) is 30.0. The van der Waals surface area contributed by atoms with E-state index in [4.69, 9.17) is 0 Å². The molecule has 7 nitrogen and oxygen atoms in total. The quantitative estimate of drug-likeness (QED) is 0.490. The number of nitrogens with zero attached hydrogens (tertiary/aromatic N) is 2. The van der Waals surface area contributed by atoms with Gasteiger partial charge >= 0.3 is 0 Å². The molecule has 9 heteroatoms. The van der Waals surface area contributed by atoms with Crippen molar-refractivity contribution in [2.75, 3.05) is 17.3 Å². The Morgan fingerprint density at radius 1 is 1.14 bits per heavy atom. The first-order chi connectivity index (χ1) is 13.9. The number of para-hydroxylation sites is 2. The maximum Gasteiger partial charge on any atom is 0.266 e. The molecule has 0 radical (unpaired) electrons. The van der Waals surface area contributed by atoms with E-state index in [2.05, 4.69) is 10.3 Å². The van der Waals surface area contributed by atoms with Crippen molar-refractivity contribution in [3.63, 3.8) is 0 Å². The molecule has 1 amide bonds. The van der Waals surface area contributed by atoms with Gasteiger partial charge in [-0.1, -0.05) is 42.1 Å². The van der Waals surface area contributed by atoms with Gasteiger partial charge in [-0.2, -0.15) is 0 Å². The molecule has 0 bridgehead atoms. The Morgan fingerprint density at radius 3 is 2.59 bits per heavy atom. The molecule has 0 aliphatic carbocycles. The fourth-order valence-corrected chi connectivity index (χ4v) is 5.82. The van der Waals surface area contributed by atoms with Crippen LogP contribution in [0.3, 0.4) is 0 Å². The molecule has 2 heterocycles. The molecule has 1 unspecified atom stereocenters. The van der Waals surface area contributed by atoms with E-state index in [-0.39, 0.29) is 34.8 Å². The van der Waals surface area contributed by atoms with Crippen LogP contribution in [-0.2, 0) is 14.6 Å². The number of benzene rings is 2. The number of fused-ring (bicyclic) bond motifs is 1. The minimum atomic E-state index is -3.06. The third-order valence-corrected chi connectivity index (χ3v) is 7.40. The van der Waals surface area contributed by atoms with Crippen molar-refractivity contribution in [3.8, 4) is 5.69 Å². The zero-order chi connectivity index (χ0) is 20.4. The lowest BCUT2D eigenvalue weighted by Gasteiger charge is -2.14. The molecule has 1 fully saturated rings. The number of carbonyl (C=O) groups excluding carboxylic acids is 1. The summed E-state index contributed by atoms with van der Waals surface area (Å²) in [6.45, 7) is 0. The summed E-state index contributed by atoms with van der Waals surface area (Å²) in [6, 6.07) is 15.9. The van der Waals surface area contributed by atoms with Crippen molar-refractivity contribution >= 4 is 38.4 Å². The van der Waals surface area contributed by atoms with E-state index >= 15 is 0 Å². The van der Waals surface area contributed by atoms with Crippen LogP contribution in [0.2, 0.25) is 0 Å². The molecule has 1 N–H and O–H groups in total. The molecule has 4 rings (SSSR count). The van der Waals surface area contributed by atoms with Crippen LogP contribution >= 0.6 is 11.8 Å². The average molecular weight is 430 g/mol. The van der Waals surface area contributed by atoms with Gasteiger partial charge < -0.3 is 5.32 Å². The van der Waals surface area contributed by atoms with Crippen molar-refractivity contribution in [2.45, 2.75) is 17.6 Å². The van der Waals surface area contributed by atoms with Gasteiger partial charge in [-0.25, -0.2) is 13.4 Å². The highest BCUT2D eigenvalue weighted by Gasteiger charge is 2.29. The zero-order valence-corrected chi connectivity index (χ0v) is 17.1. The lowest BCUT2D eigenvalue weighted by Crippen LogP contribution is -2.36. The van der Waals surface area contributed by atoms with Crippen LogP contribution < -0.4 is 10.9 Å². The zero-order valence-electron chi connectivity index (χ0n) is 15.4. The smallest absolute Gasteiger partial charge is 0.266 e. The van der Waals surface area contributed by atoms with E-state index in [1.165, 1.54) is 4.57 Å². The van der Waals surface area contributed by atoms with Crippen LogP contribution in [0.15, 0.2) is 64.5 Å². The molecule has 0 saturated carbocycles. The van der Waals surface area contributed by atoms with Gasteiger partial charge in [0.25, 0.3) is 5.56 Å². The standard InChI is InChI=1S/C20H19N3O4S2/c24-18(21-14-10-11-29(26,27)13-14)12-28-20-22-17-9-5-4-8-16(17)19(25)23(20)15-6-2-1-3-7-15/h1-9,14H,10-13H2,(H,21,24). The fourth-order valence-electron chi connectivity index (χ4n) is 3.32. The van der Waals surface area contributed by atoms with Gasteiger partial charge in [0.2, 0.25) is 5.91 Å². The molecule has 1 aromatic heterocycles. The minimum Gasteiger partial charge on any atom is -0.352 e. The summed E-state index contributed by atoms with van der Waals surface area (Å²) in [5, 5.41) is 3.67. The van der Waals surface area contributed by atoms with Crippen molar-refractivity contribution in [1.29, 1.82) is 0 Å². The van der Waals surface area contributed by atoms with Crippen LogP contribution in [0.25, 0.3) is 16.6 Å². The Bertz CT molecular complexity index is 1220. The molecule has 150 valence electrons. The van der Waals surface area contributed by atoms with Crippen molar-refractivity contribution in [1.82, 2.24) is 14.9 Å². The molecule has 1 saturated heterocycles. The second-order valence-corrected chi connectivity index (χ2v) is 10.0. The highest BCUT2D eigenvalue weighted by atomic mass is 32.2. The third kappa shape index (κ3) is 4.35. The van der Waals surface area contributed by atoms with Crippen molar-refractivity contribution in [2.24, 2.45) is 0 Å². The summed E-state index contributed by atoms with van der Waals surface area (Å²) < 4.78 is 24.6. The van der Waals surface area contributed by atoms with E-state index in [0.29, 0.717) is 28.2 Å². The average Bonchev–Trinajstić information content (AvgIpc) is 3.05. The largest absolute Gasteiger partial charge is 0.352 e. The first-order valence-electron chi connectivity index (χ1n) is 9.13. The number of amides is 1. The van der Waals surface area contributed by atoms with Crippen molar-refractivity contribution in [3.05, 3.63) is 65.0 Å². The maximum absolute atomic E-state index is 13.1. The summed E-state index contributed by atoms with van der Waals surface area (Å²) >= 11 is 1.15. The van der Waals surface area contributed by atoms with Gasteiger partial charge in [0.15, 0.2) is 15.0 Å². The fraction of sp³-hybridized carbons (Fsp3) is 0.250. The highest BCUT2D eigenvalue weighted by molar-refractivity contribution is 7.99. The SMILES string of the molecule is O=C(CSc1nc2ccccc2c(=O)n1-c1ccccc1)NC1CCS(=O)(=O)C1. The van der Waals surface area contributed by atoms with Crippen LogP contribution in [0, 0.1) is 0 Å². The van der Waals surface area contributed by atoms with Gasteiger partial charge in [0.05, 0.1) is 33.8 Å². The molecule has 1 atom stereocenters. The van der Waals surface area contributed by atoms with Gasteiger partial charge in [-0.3, -0.25) is 14.2 Å². The molecular weight excluding hydrogens is 410 g/mol. The summed E-state index contributed by atoms with van der Waals surface area (Å²) in [6.07, 6.45) is 0.432. The number of nitrogens with one attached hydrogen (secondary N) is 1. The molecule has 29 heavy (non-hydrogen) atoms. The Balaban J connectivity index is 1.61. The molecule has 1 aliphatic heterocycles. The Morgan fingerprint density at radius 2 is 1.86 bits per heavy atom. The second kappa shape index (κ2) is 8.00. The number of carbonyl (C=O) groups is 1. The number of hydrogen-bond acceptors (Lipinski definition) is 6. The first kappa shape index (κ1) is 19.7. The van der Waals surface area contributed by atoms with E-state index in [1.54, 1.807) is 18.2 Å². The predicted molar refractivity (Wildman–Crippen MR) is 113 cm³/mol. The Kier molecular flexibility index (Phi) is 5.42. The molecule has 2 aromatic carbocycles. The number of thioether (sulfide) groups is 1. The summed E-state index contributed by atoms with van der Waals surface area (Å²) in [7, 11) is -3.06. The number of hydrogen-bond donors (Lipinski definition) is 1. The highest BCUT2D eigenvalue weighted by Crippen LogP contribution is 2.21. The van der Waals surface area contributed by atoms with Crippen molar-refractivity contribution < 1.29 is 13.2 Å². The molecule has 0 spiro atoms. The Labute approximate surface area is 172 Å². The normalized spacial score (nSPS) is 18.0. The number of sulfone groups is 1. The Hall–Kier alpha value is -2.65. The van der Waals surface area contributed by atoms with Gasteiger partial charge in [0.1, 0.15) is 0 Å². The summed E-state index contributed by atoms with van der Waals surface area (Å²) in [5.41, 5.74) is 1.03. The van der Waals surface area contributed by atoms with Crippen LogP contribution in [0.1, 0.15) is 6.42 Å². The third-order valence-electron chi connectivity index (χ3n) is 4.69. The number of rotatable bonds is 5. The molecule has 1 aliphatic rings. The summed E-state index contributed by atoms with van der Waals surface area (Å²) in [5.74, 6) is -0.162. The lowest BCUT2D eigenvalue weighted by molar-refractivity contribution is -0.119. The van der Waals surface area contributed by atoms with Gasteiger partial charge in [0, 0.05) is 6.04 Å². The number of aromatic nitrogens is 2. The van der Waals surface area contributed by atoms with Gasteiger partial charge in [-0.15, -0.1) is 0 Å². The van der Waals surface area contributed by atoms with E-state index in [1.807, 2.05) is 36.4 Å². The topological polar surface area (TPSA) is 98.1 Å². The van der Waals surface area contributed by atoms with Crippen LogP contribution in [0.4, 0.5) is 0 Å². The molecular formula is C20H19N3O4S2. The van der Waals surface area contributed by atoms with E-state index in [0.717, 1.165) is 11.8 Å². The first-order valence-corrected chi connectivity index (χ1v) is 11.9. The second-order valence-electron chi connectivity index (χ2n) is 6.84. The van der Waals surface area contributed by atoms with Gasteiger partial charge in [-0.05, 0) is 30.7 Å². The maximum atomic E-state index is 13.1. The van der Waals surface area contributed by atoms with E-state index < -0.39 is 9.84 Å².